The zero-order chi connectivity index (χ0) is 13.0. The second-order valence-electron chi connectivity index (χ2n) is 5.25. The molecule has 0 saturated carbocycles. The van der Waals surface area contributed by atoms with Gasteiger partial charge in [0.2, 0.25) is 5.91 Å². The number of hydrogen-bond acceptors (Lipinski definition) is 3. The normalized spacial score (nSPS) is 24.0. The minimum Gasteiger partial charge on any atom is -0.480 e. The van der Waals surface area contributed by atoms with Gasteiger partial charge in [-0.2, -0.15) is 0 Å². The Morgan fingerprint density at radius 2 is 2.06 bits per heavy atom. The highest BCUT2D eigenvalue weighted by molar-refractivity contribution is 5.83. The van der Waals surface area contributed by atoms with Gasteiger partial charge >= 0.3 is 5.97 Å². The third-order valence-corrected chi connectivity index (χ3v) is 3.06. The highest BCUT2D eigenvalue weighted by Crippen LogP contribution is 2.19. The van der Waals surface area contributed by atoms with E-state index in [9.17, 15) is 9.59 Å². The van der Waals surface area contributed by atoms with Crippen molar-refractivity contribution in [2.24, 2.45) is 17.8 Å². The summed E-state index contributed by atoms with van der Waals surface area (Å²) in [6, 6.07) is 0. The average Bonchev–Trinajstić information content (AvgIpc) is 2.61. The van der Waals surface area contributed by atoms with Crippen LogP contribution in [0.5, 0.6) is 0 Å². The van der Waals surface area contributed by atoms with Gasteiger partial charge in [-0.05, 0) is 18.4 Å². The zero-order valence-electron chi connectivity index (χ0n) is 10.8. The first-order chi connectivity index (χ1) is 7.91. The van der Waals surface area contributed by atoms with Crippen LogP contribution < -0.4 is 5.32 Å². The molecular formula is C12H22N2O3. The van der Waals surface area contributed by atoms with Gasteiger partial charge in [-0.1, -0.05) is 20.8 Å². The molecule has 1 aliphatic rings. The Morgan fingerprint density at radius 1 is 1.41 bits per heavy atom. The summed E-state index contributed by atoms with van der Waals surface area (Å²) in [6.07, 6.45) is 0. The van der Waals surface area contributed by atoms with E-state index in [1.54, 1.807) is 0 Å². The summed E-state index contributed by atoms with van der Waals surface area (Å²) < 4.78 is 0. The first-order valence-electron chi connectivity index (χ1n) is 6.13. The molecule has 1 aliphatic heterocycles. The van der Waals surface area contributed by atoms with Crippen molar-refractivity contribution >= 4 is 11.9 Å². The molecule has 1 saturated heterocycles. The molecule has 5 nitrogen and oxygen atoms in total. The maximum absolute atomic E-state index is 12.2. The van der Waals surface area contributed by atoms with E-state index >= 15 is 0 Å². The number of rotatable bonds is 5. The summed E-state index contributed by atoms with van der Waals surface area (Å²) in [6.45, 7) is 7.80. The molecule has 0 unspecified atom stereocenters. The lowest BCUT2D eigenvalue weighted by Gasteiger charge is -2.27. The highest BCUT2D eigenvalue weighted by atomic mass is 16.4. The third-order valence-electron chi connectivity index (χ3n) is 3.06. The average molecular weight is 242 g/mol. The predicted molar refractivity (Wildman–Crippen MR) is 64.6 cm³/mol. The number of aliphatic carboxylic acids is 1. The number of carbonyl (C=O) groups is 2. The van der Waals surface area contributed by atoms with Crippen LogP contribution in [-0.2, 0) is 9.59 Å². The van der Waals surface area contributed by atoms with Crippen molar-refractivity contribution < 1.29 is 14.7 Å². The van der Waals surface area contributed by atoms with Gasteiger partial charge in [0.1, 0.15) is 6.54 Å². The molecule has 2 atom stereocenters. The van der Waals surface area contributed by atoms with E-state index in [0.717, 1.165) is 6.54 Å². The molecule has 5 heteroatoms. The monoisotopic (exact) mass is 242 g/mol. The molecule has 0 spiro atoms. The molecule has 1 rings (SSSR count). The number of hydrogen-bond donors (Lipinski definition) is 2. The van der Waals surface area contributed by atoms with Gasteiger partial charge in [0.15, 0.2) is 0 Å². The van der Waals surface area contributed by atoms with Crippen LogP contribution in [-0.4, -0.2) is 48.1 Å². The van der Waals surface area contributed by atoms with E-state index in [1.807, 2.05) is 20.8 Å². The number of carbonyl (C=O) groups excluding carboxylic acids is 1. The Hall–Kier alpha value is -1.10. The molecule has 0 aromatic heterocycles. The smallest absolute Gasteiger partial charge is 0.323 e. The Balaban J connectivity index is 2.67. The van der Waals surface area contributed by atoms with Gasteiger partial charge in [0.25, 0.3) is 0 Å². The van der Waals surface area contributed by atoms with Crippen molar-refractivity contribution in [2.75, 3.05) is 26.2 Å². The van der Waals surface area contributed by atoms with Crippen molar-refractivity contribution in [2.45, 2.75) is 20.8 Å². The summed E-state index contributed by atoms with van der Waals surface area (Å²) in [7, 11) is 0. The summed E-state index contributed by atoms with van der Waals surface area (Å²) in [4.78, 5) is 24.5. The summed E-state index contributed by atoms with van der Waals surface area (Å²) in [5.74, 6) is -0.488. The van der Waals surface area contributed by atoms with Crippen LogP contribution in [0.15, 0.2) is 0 Å². The van der Waals surface area contributed by atoms with Crippen molar-refractivity contribution in [1.82, 2.24) is 10.2 Å². The first kappa shape index (κ1) is 14.0. The molecule has 1 amide bonds. The molecule has 0 aromatic carbocycles. The van der Waals surface area contributed by atoms with Crippen LogP contribution in [0.2, 0.25) is 0 Å². The molecule has 17 heavy (non-hydrogen) atoms. The van der Waals surface area contributed by atoms with Crippen molar-refractivity contribution in [3.05, 3.63) is 0 Å². The lowest BCUT2D eigenvalue weighted by Crippen LogP contribution is -2.43. The fourth-order valence-corrected chi connectivity index (χ4v) is 2.21. The zero-order valence-corrected chi connectivity index (χ0v) is 10.8. The Labute approximate surface area is 102 Å². The van der Waals surface area contributed by atoms with E-state index in [1.165, 1.54) is 4.90 Å². The van der Waals surface area contributed by atoms with Crippen LogP contribution in [0.4, 0.5) is 0 Å². The Kier molecular flexibility index (Phi) is 4.93. The fraction of sp³-hybridized carbons (Fsp3) is 0.833. The van der Waals surface area contributed by atoms with Gasteiger partial charge in [-0.3, -0.25) is 9.59 Å². The summed E-state index contributed by atoms with van der Waals surface area (Å²) in [5.41, 5.74) is 0. The molecule has 0 aliphatic carbocycles. The van der Waals surface area contributed by atoms with Crippen molar-refractivity contribution in [3.8, 4) is 0 Å². The van der Waals surface area contributed by atoms with Crippen LogP contribution in [0.1, 0.15) is 20.8 Å². The van der Waals surface area contributed by atoms with Crippen LogP contribution >= 0.6 is 0 Å². The van der Waals surface area contributed by atoms with Gasteiger partial charge in [-0.15, -0.1) is 0 Å². The molecule has 1 heterocycles. The number of nitrogens with zero attached hydrogens (tertiary/aromatic N) is 1. The quantitative estimate of drug-likeness (QED) is 0.732. The van der Waals surface area contributed by atoms with E-state index in [2.05, 4.69) is 5.32 Å². The topological polar surface area (TPSA) is 69.6 Å². The maximum atomic E-state index is 12.2. The maximum Gasteiger partial charge on any atom is 0.323 e. The van der Waals surface area contributed by atoms with Gasteiger partial charge in [0, 0.05) is 13.1 Å². The number of amides is 1. The second-order valence-corrected chi connectivity index (χ2v) is 5.25. The van der Waals surface area contributed by atoms with Crippen LogP contribution in [0.25, 0.3) is 0 Å². The van der Waals surface area contributed by atoms with E-state index in [0.29, 0.717) is 13.1 Å². The highest BCUT2D eigenvalue weighted by Gasteiger charge is 2.33. The Morgan fingerprint density at radius 3 is 2.47 bits per heavy atom. The van der Waals surface area contributed by atoms with Crippen LogP contribution in [0.3, 0.4) is 0 Å². The van der Waals surface area contributed by atoms with Gasteiger partial charge < -0.3 is 15.3 Å². The molecule has 0 aromatic rings. The SMILES string of the molecule is CC(C)CN(CC(=O)O)C(=O)[C@@H]1CNC[C@H]1C. The van der Waals surface area contributed by atoms with Gasteiger partial charge in [-0.25, -0.2) is 0 Å². The van der Waals surface area contributed by atoms with Crippen molar-refractivity contribution in [3.63, 3.8) is 0 Å². The lowest BCUT2D eigenvalue weighted by atomic mass is 9.96. The third kappa shape index (κ3) is 4.00. The van der Waals surface area contributed by atoms with E-state index in [-0.39, 0.29) is 30.2 Å². The molecular weight excluding hydrogens is 220 g/mol. The fourth-order valence-electron chi connectivity index (χ4n) is 2.21. The number of carboxylic acids is 1. The first-order valence-corrected chi connectivity index (χ1v) is 6.13. The molecule has 98 valence electrons. The van der Waals surface area contributed by atoms with Crippen LogP contribution in [0, 0.1) is 17.8 Å². The number of carboxylic acid groups (broad SMARTS) is 1. The predicted octanol–water partition coefficient (Wildman–Crippen LogP) is 0.411. The molecule has 0 radical (unpaired) electrons. The molecule has 2 N–H and O–H groups in total. The van der Waals surface area contributed by atoms with Gasteiger partial charge in [0.05, 0.1) is 5.92 Å². The molecule has 0 bridgehead atoms. The van der Waals surface area contributed by atoms with E-state index in [4.69, 9.17) is 5.11 Å². The summed E-state index contributed by atoms with van der Waals surface area (Å²) >= 11 is 0. The Bertz CT molecular complexity index is 291. The minimum atomic E-state index is -0.947. The molecule has 1 fully saturated rings. The number of nitrogens with one attached hydrogen (secondary N) is 1. The largest absolute Gasteiger partial charge is 0.480 e. The van der Waals surface area contributed by atoms with Crippen molar-refractivity contribution in [1.29, 1.82) is 0 Å². The standard InChI is InChI=1S/C12H22N2O3/c1-8(2)6-14(7-11(15)16)12(17)10-5-13-4-9(10)3/h8-10,13H,4-7H2,1-3H3,(H,15,16)/t9-,10-/m1/s1. The second kappa shape index (κ2) is 6.00. The van der Waals surface area contributed by atoms with E-state index < -0.39 is 5.97 Å². The summed E-state index contributed by atoms with van der Waals surface area (Å²) in [5, 5.41) is 12.0. The lowest BCUT2D eigenvalue weighted by molar-refractivity contribution is -0.147. The minimum absolute atomic E-state index is 0.0291.